The van der Waals surface area contributed by atoms with Crippen LogP contribution in [0.15, 0.2) is 65.0 Å². The predicted molar refractivity (Wildman–Crippen MR) is 110 cm³/mol. The Morgan fingerprint density at radius 1 is 1.11 bits per heavy atom. The van der Waals surface area contributed by atoms with E-state index in [4.69, 9.17) is 5.73 Å². The molecule has 136 valence electrons. The van der Waals surface area contributed by atoms with Crippen molar-refractivity contribution < 1.29 is 4.79 Å². The third-order valence-electron chi connectivity index (χ3n) is 4.40. The van der Waals surface area contributed by atoms with Gasteiger partial charge in [0.1, 0.15) is 17.2 Å². The summed E-state index contributed by atoms with van der Waals surface area (Å²) < 4.78 is 0.968. The molecule has 2 aromatic carbocycles. The van der Waals surface area contributed by atoms with E-state index in [1.165, 1.54) is 0 Å². The van der Waals surface area contributed by atoms with E-state index in [0.717, 1.165) is 26.8 Å². The number of nitrogens with zero attached hydrogens (tertiary/aromatic N) is 2. The van der Waals surface area contributed by atoms with Crippen LogP contribution >= 0.6 is 11.3 Å². The van der Waals surface area contributed by atoms with Crippen LogP contribution < -0.4 is 31.2 Å². The van der Waals surface area contributed by atoms with Gasteiger partial charge in [0.05, 0.1) is 5.22 Å². The summed E-state index contributed by atoms with van der Waals surface area (Å²) in [5, 5.41) is 8.65. The summed E-state index contributed by atoms with van der Waals surface area (Å²) in [7, 11) is 0. The minimum atomic E-state index is -0.279. The van der Waals surface area contributed by atoms with Crippen LogP contribution in [0.3, 0.4) is 0 Å². The van der Waals surface area contributed by atoms with Crippen molar-refractivity contribution in [3.63, 3.8) is 0 Å². The summed E-state index contributed by atoms with van der Waals surface area (Å²) in [6.45, 7) is 2.44. The number of carbonyl (C=O) groups excluding carboxylic acids is 1. The Morgan fingerprint density at radius 2 is 1.89 bits per heavy atom. The van der Waals surface area contributed by atoms with Crippen molar-refractivity contribution in [2.45, 2.75) is 6.92 Å². The lowest BCUT2D eigenvalue weighted by Crippen LogP contribution is -2.41. The third-order valence-corrected chi connectivity index (χ3v) is 5.24. The van der Waals surface area contributed by atoms with Gasteiger partial charge in [0.25, 0.3) is 0 Å². The number of nitrogens with two attached hydrogens (primary N) is 1. The monoisotopic (exact) mass is 377 g/mol. The number of hydrogen-bond donors (Lipinski definition) is 3. The van der Waals surface area contributed by atoms with E-state index in [1.54, 1.807) is 11.3 Å². The first-order valence-electron chi connectivity index (χ1n) is 8.51. The Hall–Kier alpha value is -3.32. The first-order valence-corrected chi connectivity index (χ1v) is 9.39. The molecule has 1 aliphatic rings. The number of hydrogen-bond acceptors (Lipinski definition) is 5. The minimum absolute atomic E-state index is 0.279. The van der Waals surface area contributed by atoms with E-state index in [1.807, 2.05) is 71.8 Å². The molecule has 3 aromatic rings. The molecule has 0 aliphatic carbocycles. The number of urea groups is 1. The molecule has 6 nitrogen and oxygen atoms in total. The molecule has 2 heterocycles. The van der Waals surface area contributed by atoms with E-state index >= 15 is 0 Å². The molecule has 0 spiro atoms. The average molecular weight is 377 g/mol. The van der Waals surface area contributed by atoms with Gasteiger partial charge in [-0.3, -0.25) is 4.99 Å². The second-order valence-corrected chi connectivity index (χ2v) is 7.09. The van der Waals surface area contributed by atoms with Gasteiger partial charge in [-0.15, -0.1) is 11.3 Å². The lowest BCUT2D eigenvalue weighted by molar-refractivity contribution is 0.262. The van der Waals surface area contributed by atoms with Gasteiger partial charge in [0.2, 0.25) is 0 Å². The number of nitrogens with one attached hydrogen (secondary N) is 2. The summed E-state index contributed by atoms with van der Waals surface area (Å²) in [6.07, 6.45) is 0. The van der Waals surface area contributed by atoms with Gasteiger partial charge < -0.3 is 21.3 Å². The normalized spacial score (nSPS) is 12.9. The summed E-state index contributed by atoms with van der Waals surface area (Å²) in [5.41, 5.74) is 9.72. The molecule has 0 unspecified atom stereocenters. The van der Waals surface area contributed by atoms with Crippen molar-refractivity contribution in [2.75, 3.05) is 22.2 Å². The maximum absolute atomic E-state index is 12.2. The molecule has 0 saturated carbocycles. The number of amides is 2. The van der Waals surface area contributed by atoms with E-state index in [0.29, 0.717) is 18.2 Å². The maximum Gasteiger partial charge on any atom is 0.323 e. The lowest BCUT2D eigenvalue weighted by Gasteiger charge is -2.25. The molecule has 1 aromatic heterocycles. The number of benzene rings is 2. The number of anilines is 3. The van der Waals surface area contributed by atoms with Gasteiger partial charge in [-0.25, -0.2) is 4.79 Å². The van der Waals surface area contributed by atoms with Crippen molar-refractivity contribution in [3.05, 3.63) is 75.4 Å². The Balaban J connectivity index is 1.47. The van der Waals surface area contributed by atoms with Gasteiger partial charge >= 0.3 is 6.03 Å². The number of rotatable bonds is 3. The average Bonchev–Trinajstić information content (AvgIpc) is 3.15. The maximum atomic E-state index is 12.2. The summed E-state index contributed by atoms with van der Waals surface area (Å²) in [6, 6.07) is 16.9. The number of carbonyl (C=O) groups is 1. The Labute approximate surface area is 160 Å². The van der Waals surface area contributed by atoms with Crippen LogP contribution in [0, 0.1) is 6.92 Å². The zero-order valence-electron chi connectivity index (χ0n) is 14.8. The fraction of sp³-hybridized carbons (Fsp3) is 0.100. The van der Waals surface area contributed by atoms with Gasteiger partial charge in [-0.05, 0) is 54.3 Å². The largest absolute Gasteiger partial charge is 0.384 e. The molecule has 0 radical (unpaired) electrons. The SMILES string of the molecule is Cc1ccccc1NC(=O)Nc1ccc(N2CN=c3sccc3=C2N)cc1. The first kappa shape index (κ1) is 17.1. The molecule has 0 atom stereocenters. The summed E-state index contributed by atoms with van der Waals surface area (Å²) in [4.78, 5) is 18.7. The molecule has 0 saturated heterocycles. The molecular formula is C20H19N5OS. The predicted octanol–water partition coefficient (Wildman–Crippen LogP) is 2.82. The number of thiophene rings is 1. The van der Waals surface area contributed by atoms with Crippen LogP contribution in [0.5, 0.6) is 0 Å². The minimum Gasteiger partial charge on any atom is -0.384 e. The zero-order chi connectivity index (χ0) is 18.8. The highest BCUT2D eigenvalue weighted by atomic mass is 32.1. The topological polar surface area (TPSA) is 82.8 Å². The van der Waals surface area contributed by atoms with Crippen molar-refractivity contribution in [3.8, 4) is 0 Å². The van der Waals surface area contributed by atoms with Gasteiger partial charge in [0, 0.05) is 17.1 Å². The van der Waals surface area contributed by atoms with Gasteiger partial charge in [-0.1, -0.05) is 18.2 Å². The van der Waals surface area contributed by atoms with Crippen molar-refractivity contribution in [1.82, 2.24) is 0 Å². The van der Waals surface area contributed by atoms with E-state index in [-0.39, 0.29) is 6.03 Å². The first-order chi connectivity index (χ1) is 13.1. The highest BCUT2D eigenvalue weighted by Gasteiger charge is 2.14. The second-order valence-electron chi connectivity index (χ2n) is 6.19. The molecule has 4 N–H and O–H groups in total. The zero-order valence-corrected chi connectivity index (χ0v) is 15.6. The molecule has 0 fully saturated rings. The highest BCUT2D eigenvalue weighted by Crippen LogP contribution is 2.21. The molecule has 0 bridgehead atoms. The quantitative estimate of drug-likeness (QED) is 0.656. The smallest absolute Gasteiger partial charge is 0.323 e. The molecular weight excluding hydrogens is 358 g/mol. The summed E-state index contributed by atoms with van der Waals surface area (Å²) in [5.74, 6) is 0.694. The number of aryl methyl sites for hydroxylation is 1. The fourth-order valence-electron chi connectivity index (χ4n) is 2.92. The van der Waals surface area contributed by atoms with E-state index in [9.17, 15) is 4.79 Å². The summed E-state index contributed by atoms with van der Waals surface area (Å²) >= 11 is 1.59. The Kier molecular flexibility index (Phi) is 4.52. The highest BCUT2D eigenvalue weighted by molar-refractivity contribution is 7.07. The third kappa shape index (κ3) is 3.50. The number of para-hydroxylation sites is 1. The molecule has 1 aliphatic heterocycles. The lowest BCUT2D eigenvalue weighted by atomic mass is 10.2. The van der Waals surface area contributed by atoms with Gasteiger partial charge in [-0.2, -0.15) is 0 Å². The van der Waals surface area contributed by atoms with Crippen LogP contribution in [0.25, 0.3) is 5.82 Å². The Bertz CT molecular complexity index is 1100. The van der Waals surface area contributed by atoms with Crippen molar-refractivity contribution in [2.24, 2.45) is 10.7 Å². The van der Waals surface area contributed by atoms with E-state index < -0.39 is 0 Å². The van der Waals surface area contributed by atoms with Crippen molar-refractivity contribution >= 4 is 40.3 Å². The van der Waals surface area contributed by atoms with Crippen LogP contribution in [0.4, 0.5) is 21.9 Å². The van der Waals surface area contributed by atoms with Crippen LogP contribution in [-0.2, 0) is 0 Å². The van der Waals surface area contributed by atoms with Crippen LogP contribution in [0.2, 0.25) is 0 Å². The van der Waals surface area contributed by atoms with Gasteiger partial charge in [0.15, 0.2) is 0 Å². The van der Waals surface area contributed by atoms with E-state index in [2.05, 4.69) is 15.6 Å². The molecule has 27 heavy (non-hydrogen) atoms. The number of fused-ring (bicyclic) bond motifs is 1. The molecule has 4 rings (SSSR count). The molecule has 7 heteroatoms. The second kappa shape index (κ2) is 7.13. The van der Waals surface area contributed by atoms with Crippen molar-refractivity contribution in [1.29, 1.82) is 0 Å². The fourth-order valence-corrected chi connectivity index (χ4v) is 3.68. The Morgan fingerprint density at radius 3 is 2.67 bits per heavy atom. The van der Waals surface area contributed by atoms with Crippen LogP contribution in [-0.4, -0.2) is 12.7 Å². The molecule has 2 amide bonds. The van der Waals surface area contributed by atoms with Crippen LogP contribution in [0.1, 0.15) is 5.56 Å². The standard InChI is InChI=1S/C20H19N5OS/c1-13-4-2-3-5-17(13)24-20(26)23-14-6-8-15(9-7-14)25-12-22-19-16(18(25)21)10-11-27-19/h2-11H,12,21H2,1H3,(H2,23,24,26).